The number of halogens is 7. The summed E-state index contributed by atoms with van der Waals surface area (Å²) in [5, 5.41) is 0.644. The van der Waals surface area contributed by atoms with Gasteiger partial charge in [-0.1, -0.05) is 23.7 Å². The number of nitrogens with one attached hydrogen (secondary N) is 1. The smallest absolute Gasteiger partial charge is 0.314 e. The highest BCUT2D eigenvalue weighted by atomic mass is 35.5. The number of benzene rings is 1. The molecule has 25 heavy (non-hydrogen) atoms. The maximum absolute atomic E-state index is 13.5. The third-order valence-corrected chi connectivity index (χ3v) is 4.04. The molecule has 2 amide bonds. The molecule has 0 saturated carbocycles. The van der Waals surface area contributed by atoms with E-state index in [0.717, 1.165) is 17.4 Å². The minimum atomic E-state index is -6.00. The van der Waals surface area contributed by atoms with Crippen LogP contribution in [-0.4, -0.2) is 41.3 Å². The summed E-state index contributed by atoms with van der Waals surface area (Å²) < 4.78 is 81.1. The van der Waals surface area contributed by atoms with Crippen molar-refractivity contribution in [2.24, 2.45) is 0 Å². The summed E-state index contributed by atoms with van der Waals surface area (Å²) in [6.07, 6.45) is -12.7. The van der Waals surface area contributed by atoms with Crippen molar-refractivity contribution in [3.8, 4) is 0 Å². The molecule has 0 aromatic heterocycles. The highest BCUT2D eigenvalue weighted by Gasteiger charge is 2.76. The second kappa shape index (κ2) is 6.40. The maximum Gasteiger partial charge on any atom is 0.440 e. The van der Waals surface area contributed by atoms with E-state index in [-0.39, 0.29) is 16.3 Å². The molecule has 0 spiro atoms. The molecule has 0 radical (unpaired) electrons. The van der Waals surface area contributed by atoms with Gasteiger partial charge < -0.3 is 10.2 Å². The molecule has 1 aliphatic rings. The van der Waals surface area contributed by atoms with E-state index in [2.05, 4.69) is 0 Å². The Hall–Kier alpha value is -1.97. The van der Waals surface area contributed by atoms with Gasteiger partial charge in [-0.3, -0.25) is 9.59 Å². The molecule has 1 heterocycles. The van der Waals surface area contributed by atoms with E-state index in [1.54, 1.807) is 0 Å². The molecule has 2 rings (SSSR count). The number of nitrogens with zero attached hydrogens (tertiary/aromatic N) is 1. The van der Waals surface area contributed by atoms with Crippen LogP contribution >= 0.6 is 11.6 Å². The number of carbonyl (C=O) groups is 2. The van der Waals surface area contributed by atoms with Crippen molar-refractivity contribution >= 4 is 23.4 Å². The lowest BCUT2D eigenvalue weighted by molar-refractivity contribution is -0.341. The van der Waals surface area contributed by atoms with Gasteiger partial charge in [0.15, 0.2) is 0 Å². The highest BCUT2D eigenvalue weighted by molar-refractivity contribution is 6.33. The third kappa shape index (κ3) is 3.26. The van der Waals surface area contributed by atoms with Gasteiger partial charge in [-0.2, -0.15) is 26.3 Å². The molecular weight excluding hydrogens is 378 g/mol. The van der Waals surface area contributed by atoms with E-state index in [1.807, 2.05) is 0 Å². The van der Waals surface area contributed by atoms with Gasteiger partial charge in [-0.05, 0) is 18.6 Å². The Morgan fingerprint density at radius 2 is 1.64 bits per heavy atom. The number of likely N-dealkylation sites (tertiary alicyclic amines) is 1. The van der Waals surface area contributed by atoms with Gasteiger partial charge >= 0.3 is 18.0 Å². The Bertz CT molecular complexity index is 675. The Kier molecular flexibility index (Phi) is 4.95. The molecule has 4 nitrogen and oxygen atoms in total. The molecular formula is C14H11ClF6N2O2. The second-order valence-corrected chi connectivity index (χ2v) is 5.70. The van der Waals surface area contributed by atoms with Gasteiger partial charge in [0, 0.05) is 13.0 Å². The van der Waals surface area contributed by atoms with Crippen LogP contribution in [0.1, 0.15) is 23.2 Å². The van der Waals surface area contributed by atoms with Crippen LogP contribution in [0.2, 0.25) is 5.02 Å². The fourth-order valence-corrected chi connectivity index (χ4v) is 2.78. The molecule has 1 saturated heterocycles. The number of alkyl halides is 6. The predicted octanol–water partition coefficient (Wildman–Crippen LogP) is 3.51. The monoisotopic (exact) mass is 388 g/mol. The minimum Gasteiger partial charge on any atom is -0.314 e. The zero-order valence-corrected chi connectivity index (χ0v) is 13.1. The van der Waals surface area contributed by atoms with Crippen LogP contribution in [0.15, 0.2) is 24.3 Å². The Balaban J connectivity index is 2.57. The van der Waals surface area contributed by atoms with Gasteiger partial charge in [0.05, 0.1) is 10.6 Å². The SMILES string of the molecule is O=C(NC(N1CCCC1=O)(C(F)(F)F)C(F)(F)F)c1ccccc1Cl. The van der Waals surface area contributed by atoms with Crippen molar-refractivity contribution in [1.82, 2.24) is 10.2 Å². The van der Waals surface area contributed by atoms with Crippen molar-refractivity contribution < 1.29 is 35.9 Å². The first-order chi connectivity index (χ1) is 11.4. The van der Waals surface area contributed by atoms with Crippen molar-refractivity contribution in [3.63, 3.8) is 0 Å². The molecule has 1 N–H and O–H groups in total. The van der Waals surface area contributed by atoms with Crippen LogP contribution in [0.4, 0.5) is 26.3 Å². The van der Waals surface area contributed by atoms with Gasteiger partial charge in [0.25, 0.3) is 5.91 Å². The van der Waals surface area contributed by atoms with E-state index < -0.39 is 48.4 Å². The predicted molar refractivity (Wildman–Crippen MR) is 74.7 cm³/mol. The number of hydrogen-bond donors (Lipinski definition) is 1. The Labute approximate surface area is 142 Å². The van der Waals surface area contributed by atoms with E-state index in [9.17, 15) is 35.9 Å². The topological polar surface area (TPSA) is 49.4 Å². The van der Waals surface area contributed by atoms with E-state index in [1.165, 1.54) is 12.1 Å². The highest BCUT2D eigenvalue weighted by Crippen LogP contribution is 2.47. The molecule has 0 unspecified atom stereocenters. The summed E-state index contributed by atoms with van der Waals surface area (Å²) in [5.41, 5.74) is -5.40. The van der Waals surface area contributed by atoms with Crippen molar-refractivity contribution in [2.45, 2.75) is 30.9 Å². The largest absolute Gasteiger partial charge is 0.440 e. The average Bonchev–Trinajstić information content (AvgIpc) is 2.88. The van der Waals surface area contributed by atoms with Crippen molar-refractivity contribution in [3.05, 3.63) is 34.9 Å². The van der Waals surface area contributed by atoms with E-state index in [0.29, 0.717) is 0 Å². The minimum absolute atomic E-state index is 0.186. The van der Waals surface area contributed by atoms with Crippen LogP contribution < -0.4 is 5.32 Å². The van der Waals surface area contributed by atoms with Gasteiger partial charge in [0.2, 0.25) is 5.91 Å². The van der Waals surface area contributed by atoms with Crippen LogP contribution in [0.3, 0.4) is 0 Å². The summed E-state index contributed by atoms with van der Waals surface area (Å²) in [4.78, 5) is 23.4. The third-order valence-electron chi connectivity index (χ3n) is 3.71. The van der Waals surface area contributed by atoms with E-state index in [4.69, 9.17) is 11.6 Å². The molecule has 1 aromatic carbocycles. The van der Waals surface area contributed by atoms with Crippen LogP contribution in [0.25, 0.3) is 0 Å². The van der Waals surface area contributed by atoms with Gasteiger partial charge in [-0.15, -0.1) is 0 Å². The van der Waals surface area contributed by atoms with Crippen LogP contribution in [0.5, 0.6) is 0 Å². The first kappa shape index (κ1) is 19.4. The fraction of sp³-hybridized carbons (Fsp3) is 0.429. The lowest BCUT2D eigenvalue weighted by atomic mass is 10.1. The fourth-order valence-electron chi connectivity index (χ4n) is 2.56. The summed E-state index contributed by atoms with van der Waals surface area (Å²) in [5.74, 6) is -3.05. The second-order valence-electron chi connectivity index (χ2n) is 5.29. The lowest BCUT2D eigenvalue weighted by Crippen LogP contribution is -2.76. The summed E-state index contributed by atoms with van der Waals surface area (Å²) in [6.45, 7) is -0.791. The maximum atomic E-state index is 13.5. The summed E-state index contributed by atoms with van der Waals surface area (Å²) >= 11 is 5.66. The molecule has 138 valence electrons. The number of rotatable bonds is 3. The Morgan fingerprint density at radius 3 is 2.08 bits per heavy atom. The molecule has 1 aromatic rings. The zero-order valence-electron chi connectivity index (χ0n) is 12.3. The van der Waals surface area contributed by atoms with Crippen LogP contribution in [0, 0.1) is 0 Å². The van der Waals surface area contributed by atoms with Gasteiger partial charge in [-0.25, -0.2) is 0 Å². The van der Waals surface area contributed by atoms with Crippen molar-refractivity contribution in [1.29, 1.82) is 0 Å². The molecule has 0 aliphatic carbocycles. The van der Waals surface area contributed by atoms with Gasteiger partial charge in [0.1, 0.15) is 0 Å². The average molecular weight is 389 g/mol. The van der Waals surface area contributed by atoms with E-state index >= 15 is 0 Å². The van der Waals surface area contributed by atoms with Crippen molar-refractivity contribution in [2.75, 3.05) is 6.54 Å². The quantitative estimate of drug-likeness (QED) is 0.806. The number of hydrogen-bond acceptors (Lipinski definition) is 2. The number of carbonyl (C=O) groups excluding carboxylic acids is 2. The molecule has 11 heteroatoms. The first-order valence-corrected chi connectivity index (χ1v) is 7.30. The lowest BCUT2D eigenvalue weighted by Gasteiger charge is -2.43. The van der Waals surface area contributed by atoms with Crippen LogP contribution in [-0.2, 0) is 4.79 Å². The molecule has 1 aliphatic heterocycles. The summed E-state index contributed by atoms with van der Waals surface area (Å²) in [7, 11) is 0. The Morgan fingerprint density at radius 1 is 1.08 bits per heavy atom. The molecule has 0 bridgehead atoms. The molecule has 1 fully saturated rings. The normalized spacial score (nSPS) is 16.3. The molecule has 0 atom stereocenters. The standard InChI is InChI=1S/C14H11ClF6N2O2/c15-9-5-2-1-4-8(9)11(25)22-12(13(16,17)18,14(19,20)21)23-7-3-6-10(23)24/h1-2,4-5H,3,6-7H2,(H,22,25). The first-order valence-electron chi connectivity index (χ1n) is 6.93. The summed E-state index contributed by atoms with van der Waals surface area (Å²) in [6, 6.07) is 4.69. The zero-order chi connectivity index (χ0) is 19.0. The number of amides is 2.